The van der Waals surface area contributed by atoms with Crippen LogP contribution in [0.5, 0.6) is 0 Å². The predicted molar refractivity (Wildman–Crippen MR) is 99.7 cm³/mol. The average Bonchev–Trinajstić information content (AvgIpc) is 2.53. The summed E-state index contributed by atoms with van der Waals surface area (Å²) in [6.45, 7) is 7.84. The molecule has 5 heteroatoms. The average molecular weight is 342 g/mol. The number of hydrogen-bond acceptors (Lipinski definition) is 3. The van der Waals surface area contributed by atoms with Gasteiger partial charge in [-0.1, -0.05) is 50.6 Å². The molecule has 3 atom stereocenters. The highest BCUT2D eigenvalue weighted by atomic mass is 35.5. The Morgan fingerprint density at radius 1 is 1.26 bits per heavy atom. The first-order chi connectivity index (χ1) is 10.5. The molecule has 3 N–H and O–H groups in total. The molecule has 0 aliphatic rings. The number of benzene rings is 1. The zero-order chi connectivity index (χ0) is 16.5. The summed E-state index contributed by atoms with van der Waals surface area (Å²) in [7, 11) is 2.12. The lowest BCUT2D eigenvalue weighted by molar-refractivity contribution is -0.123. The van der Waals surface area contributed by atoms with Crippen LogP contribution in [0.4, 0.5) is 0 Å². The first kappa shape index (κ1) is 21.9. The summed E-state index contributed by atoms with van der Waals surface area (Å²) in [6, 6.07) is 10.4. The highest BCUT2D eigenvalue weighted by molar-refractivity contribution is 5.85. The van der Waals surface area contributed by atoms with E-state index >= 15 is 0 Å². The Bertz CT molecular complexity index is 441. The summed E-state index contributed by atoms with van der Waals surface area (Å²) in [5, 5.41) is 2.96. The van der Waals surface area contributed by atoms with Gasteiger partial charge in [0.1, 0.15) is 0 Å². The van der Waals surface area contributed by atoms with Gasteiger partial charge in [0.25, 0.3) is 0 Å². The van der Waals surface area contributed by atoms with Gasteiger partial charge in [-0.3, -0.25) is 9.69 Å². The van der Waals surface area contributed by atoms with Crippen LogP contribution in [0.2, 0.25) is 0 Å². The molecule has 0 heterocycles. The van der Waals surface area contributed by atoms with Crippen LogP contribution in [-0.2, 0) is 11.3 Å². The maximum Gasteiger partial charge on any atom is 0.237 e. The summed E-state index contributed by atoms with van der Waals surface area (Å²) in [5.74, 6) is 0.186. The minimum absolute atomic E-state index is 0. The third-order valence-corrected chi connectivity index (χ3v) is 4.45. The van der Waals surface area contributed by atoms with Crippen molar-refractivity contribution in [3.63, 3.8) is 0 Å². The van der Waals surface area contributed by atoms with Crippen LogP contribution >= 0.6 is 12.4 Å². The van der Waals surface area contributed by atoms with Gasteiger partial charge in [0.05, 0.1) is 6.04 Å². The molecule has 1 aromatic rings. The third kappa shape index (κ3) is 7.82. The number of rotatable bonds is 9. The van der Waals surface area contributed by atoms with Gasteiger partial charge in [-0.15, -0.1) is 12.4 Å². The van der Waals surface area contributed by atoms with Gasteiger partial charge in [-0.05, 0) is 31.9 Å². The van der Waals surface area contributed by atoms with E-state index in [0.717, 1.165) is 19.4 Å². The number of carbonyl (C=O) groups excluding carboxylic acids is 1. The van der Waals surface area contributed by atoms with Gasteiger partial charge >= 0.3 is 0 Å². The number of nitrogens with two attached hydrogens (primary N) is 1. The fraction of sp³-hybridized carbons (Fsp3) is 0.611. The van der Waals surface area contributed by atoms with Gasteiger partial charge in [0.2, 0.25) is 5.91 Å². The van der Waals surface area contributed by atoms with E-state index in [4.69, 9.17) is 5.73 Å². The van der Waals surface area contributed by atoms with Crippen LogP contribution < -0.4 is 11.1 Å². The van der Waals surface area contributed by atoms with Crippen molar-refractivity contribution in [2.45, 2.75) is 52.2 Å². The first-order valence-corrected chi connectivity index (χ1v) is 8.23. The molecule has 0 radical (unpaired) electrons. The number of carbonyl (C=O) groups is 1. The molecule has 0 spiro atoms. The quantitative estimate of drug-likeness (QED) is 0.726. The van der Waals surface area contributed by atoms with Crippen LogP contribution in [0.15, 0.2) is 30.3 Å². The molecule has 0 fully saturated rings. The SMILES string of the molecule is CCC(C)C(N)C(=O)NCCC(C)N(C)Cc1ccccc1.Cl. The lowest BCUT2D eigenvalue weighted by Gasteiger charge is -2.25. The zero-order valence-electron chi connectivity index (χ0n) is 14.8. The molecule has 1 rings (SSSR count). The van der Waals surface area contributed by atoms with Crippen LogP contribution in [0.3, 0.4) is 0 Å². The number of nitrogens with zero attached hydrogens (tertiary/aromatic N) is 1. The van der Waals surface area contributed by atoms with E-state index in [1.165, 1.54) is 5.56 Å². The molecule has 23 heavy (non-hydrogen) atoms. The number of amides is 1. The topological polar surface area (TPSA) is 58.4 Å². The molecule has 1 aromatic carbocycles. The summed E-state index contributed by atoms with van der Waals surface area (Å²) in [5.41, 5.74) is 7.23. The number of nitrogens with one attached hydrogen (secondary N) is 1. The Hall–Kier alpha value is -1.10. The largest absolute Gasteiger partial charge is 0.355 e. The summed E-state index contributed by atoms with van der Waals surface area (Å²) < 4.78 is 0. The molecule has 3 unspecified atom stereocenters. The van der Waals surface area contributed by atoms with E-state index in [1.807, 2.05) is 13.0 Å². The summed E-state index contributed by atoms with van der Waals surface area (Å²) in [6.07, 6.45) is 1.84. The van der Waals surface area contributed by atoms with Crippen LogP contribution in [-0.4, -0.2) is 36.5 Å². The van der Waals surface area contributed by atoms with E-state index in [9.17, 15) is 4.79 Å². The Kier molecular flexibility index (Phi) is 10.9. The third-order valence-electron chi connectivity index (χ3n) is 4.45. The second-order valence-corrected chi connectivity index (χ2v) is 6.24. The zero-order valence-corrected chi connectivity index (χ0v) is 15.6. The van der Waals surface area contributed by atoms with E-state index < -0.39 is 6.04 Å². The molecule has 0 aliphatic carbocycles. The van der Waals surface area contributed by atoms with Crippen LogP contribution in [0, 0.1) is 5.92 Å². The van der Waals surface area contributed by atoms with Crippen molar-refractivity contribution in [1.82, 2.24) is 10.2 Å². The highest BCUT2D eigenvalue weighted by Crippen LogP contribution is 2.08. The minimum Gasteiger partial charge on any atom is -0.355 e. The molecule has 0 saturated heterocycles. The van der Waals surface area contributed by atoms with Crippen molar-refractivity contribution in [2.24, 2.45) is 11.7 Å². The van der Waals surface area contributed by atoms with Crippen molar-refractivity contribution < 1.29 is 4.79 Å². The van der Waals surface area contributed by atoms with Crippen molar-refractivity contribution in [3.05, 3.63) is 35.9 Å². The van der Waals surface area contributed by atoms with Crippen LogP contribution in [0.25, 0.3) is 0 Å². The Morgan fingerprint density at radius 3 is 2.43 bits per heavy atom. The molecule has 132 valence electrons. The summed E-state index contributed by atoms with van der Waals surface area (Å²) in [4.78, 5) is 14.2. The Morgan fingerprint density at radius 2 is 1.87 bits per heavy atom. The van der Waals surface area contributed by atoms with E-state index in [2.05, 4.69) is 55.4 Å². The molecule has 0 aliphatic heterocycles. The molecular weight excluding hydrogens is 310 g/mol. The van der Waals surface area contributed by atoms with E-state index in [0.29, 0.717) is 12.6 Å². The second-order valence-electron chi connectivity index (χ2n) is 6.24. The Balaban J connectivity index is 0.00000484. The van der Waals surface area contributed by atoms with Gasteiger partial charge in [0, 0.05) is 19.1 Å². The number of halogens is 1. The van der Waals surface area contributed by atoms with Gasteiger partial charge in [-0.2, -0.15) is 0 Å². The van der Waals surface area contributed by atoms with E-state index in [-0.39, 0.29) is 24.2 Å². The van der Waals surface area contributed by atoms with Crippen LogP contribution in [0.1, 0.15) is 39.2 Å². The number of hydrogen-bond donors (Lipinski definition) is 2. The molecule has 0 bridgehead atoms. The normalized spacial score (nSPS) is 14.7. The minimum atomic E-state index is -0.401. The second kappa shape index (κ2) is 11.4. The lowest BCUT2D eigenvalue weighted by Crippen LogP contribution is -2.45. The first-order valence-electron chi connectivity index (χ1n) is 8.23. The van der Waals surface area contributed by atoms with Crippen molar-refractivity contribution in [2.75, 3.05) is 13.6 Å². The van der Waals surface area contributed by atoms with Crippen molar-refractivity contribution in [3.8, 4) is 0 Å². The van der Waals surface area contributed by atoms with Gasteiger partial charge < -0.3 is 11.1 Å². The molecule has 0 aromatic heterocycles. The predicted octanol–water partition coefficient (Wildman–Crippen LogP) is 2.81. The van der Waals surface area contributed by atoms with Crippen molar-refractivity contribution in [1.29, 1.82) is 0 Å². The fourth-order valence-electron chi connectivity index (χ4n) is 2.28. The lowest BCUT2D eigenvalue weighted by atomic mass is 9.99. The Labute approximate surface area is 147 Å². The standard InChI is InChI=1S/C18H31N3O.ClH/c1-5-14(2)17(19)18(22)20-12-11-15(3)21(4)13-16-9-7-6-8-10-16;/h6-10,14-15,17H,5,11-13,19H2,1-4H3,(H,20,22);1H. The maximum absolute atomic E-state index is 11.9. The smallest absolute Gasteiger partial charge is 0.237 e. The van der Waals surface area contributed by atoms with Gasteiger partial charge in [-0.25, -0.2) is 0 Å². The molecule has 4 nitrogen and oxygen atoms in total. The fourth-order valence-corrected chi connectivity index (χ4v) is 2.28. The summed E-state index contributed by atoms with van der Waals surface area (Å²) >= 11 is 0. The van der Waals surface area contributed by atoms with E-state index in [1.54, 1.807) is 0 Å². The monoisotopic (exact) mass is 341 g/mol. The molecular formula is C18H32ClN3O. The van der Waals surface area contributed by atoms with Gasteiger partial charge in [0.15, 0.2) is 0 Å². The molecule has 0 saturated carbocycles. The van der Waals surface area contributed by atoms with Crippen molar-refractivity contribution >= 4 is 18.3 Å². The maximum atomic E-state index is 11.9. The highest BCUT2D eigenvalue weighted by Gasteiger charge is 2.19. The molecule has 1 amide bonds.